The number of rotatable bonds is 11. The first-order valence-electron chi connectivity index (χ1n) is 17.9. The van der Waals surface area contributed by atoms with Gasteiger partial charge in [0.15, 0.2) is 11.8 Å². The number of carbonyl (C=O) groups excluding carboxylic acids is 2. The lowest BCUT2D eigenvalue weighted by Gasteiger charge is -2.17. The third-order valence-electron chi connectivity index (χ3n) is 8.61. The third kappa shape index (κ3) is 11.4. The monoisotopic (exact) mass is 948 g/mol. The Morgan fingerprint density at radius 2 is 1.56 bits per heavy atom. The van der Waals surface area contributed by atoms with Gasteiger partial charge in [-0.2, -0.15) is 31.4 Å². The number of aryl methyl sites for hydroxylation is 2. The van der Waals surface area contributed by atoms with Crippen molar-refractivity contribution in [1.82, 2.24) is 18.9 Å². The van der Waals surface area contributed by atoms with Crippen molar-refractivity contribution in [3.05, 3.63) is 125 Å². The molecule has 0 saturated heterocycles. The Kier molecular flexibility index (Phi) is 15.3. The number of hydrogen-bond acceptors (Lipinski definition) is 9. The molecule has 5 aromatic rings. The van der Waals surface area contributed by atoms with E-state index in [0.717, 1.165) is 38.2 Å². The number of ether oxygens (including phenoxy) is 4. The van der Waals surface area contributed by atoms with Crippen molar-refractivity contribution >= 4 is 39.5 Å². The van der Waals surface area contributed by atoms with Crippen molar-refractivity contribution in [3.8, 4) is 28.4 Å². The van der Waals surface area contributed by atoms with Gasteiger partial charge in [0.2, 0.25) is 0 Å². The van der Waals surface area contributed by atoms with Gasteiger partial charge in [0.25, 0.3) is 5.56 Å². The minimum Gasteiger partial charge on any atom is -0.489 e. The van der Waals surface area contributed by atoms with Gasteiger partial charge in [-0.25, -0.2) is 23.3 Å². The minimum absolute atomic E-state index is 0.0779. The van der Waals surface area contributed by atoms with E-state index in [0.29, 0.717) is 36.9 Å². The molecule has 0 spiro atoms. The highest BCUT2D eigenvalue weighted by Gasteiger charge is 2.39. The van der Waals surface area contributed by atoms with E-state index in [1.165, 1.54) is 31.4 Å². The van der Waals surface area contributed by atoms with E-state index in [4.69, 9.17) is 30.5 Å². The molecule has 12 nitrogen and oxygen atoms in total. The number of nitrogens with zero attached hydrogens (tertiary/aromatic N) is 4. The van der Waals surface area contributed by atoms with Gasteiger partial charge in [0, 0.05) is 31.3 Å². The molecule has 0 amide bonds. The Morgan fingerprint density at radius 1 is 0.918 bits per heavy atom. The number of esters is 2. The molecular formula is C40H37BrClF7N4O8. The Hall–Kier alpha value is -5.63. The molecule has 0 N–H and O–H groups in total. The summed E-state index contributed by atoms with van der Waals surface area (Å²) in [5.41, 5.74) is -3.66. The first-order chi connectivity index (χ1) is 28.4. The van der Waals surface area contributed by atoms with Crippen LogP contribution in [0.5, 0.6) is 11.5 Å². The van der Waals surface area contributed by atoms with E-state index in [-0.39, 0.29) is 34.1 Å². The Labute approximate surface area is 356 Å². The number of benzene rings is 3. The highest BCUT2D eigenvalue weighted by Crippen LogP contribution is 2.41. The first kappa shape index (κ1) is 48.0. The topological polar surface area (TPSA) is 133 Å². The average Bonchev–Trinajstić information content (AvgIpc) is 3.48. The highest BCUT2D eigenvalue weighted by molar-refractivity contribution is 9.10. The standard InChI is InChI=1S/C25H25F3N2O6.C15H12BrClF4N2O2/c1-5-16-6-7-17(20(12-16)36-15(2)23(32)34-4)14-35-19-10-8-18(9-11-19)30-22(31)13-21(25(26,27)28)29(3)24(30)33;1-6(2)25-14(24)7-4-8(10(18)5-9(7)17)12-11(16)13(15(19,20)21)23(3)22-12/h6-13,15H,5,14H2,1-4H3;4-6H,1-3H3. The second-order valence-corrected chi connectivity index (χ2v) is 14.5. The summed E-state index contributed by atoms with van der Waals surface area (Å²) in [5, 5.41) is 3.50. The molecule has 0 radical (unpaired) electrons. The number of methoxy groups -OCH3 is 1. The number of hydrogen-bond donors (Lipinski definition) is 0. The molecule has 328 valence electrons. The maximum Gasteiger partial charge on any atom is 0.434 e. The second-order valence-electron chi connectivity index (χ2n) is 13.3. The lowest BCUT2D eigenvalue weighted by atomic mass is 10.1. The average molecular weight is 950 g/mol. The lowest BCUT2D eigenvalue weighted by molar-refractivity contribution is -0.148. The van der Waals surface area contributed by atoms with Crippen LogP contribution in [0.25, 0.3) is 16.9 Å². The van der Waals surface area contributed by atoms with Crippen LogP contribution in [-0.2, 0) is 53.7 Å². The molecule has 0 fully saturated rings. The van der Waals surface area contributed by atoms with E-state index in [9.17, 15) is 49.9 Å². The van der Waals surface area contributed by atoms with Crippen LogP contribution in [0, 0.1) is 5.82 Å². The van der Waals surface area contributed by atoms with Crippen LogP contribution in [0.2, 0.25) is 5.02 Å². The molecule has 2 heterocycles. The second kappa shape index (κ2) is 19.4. The maximum absolute atomic E-state index is 14.3. The summed E-state index contributed by atoms with van der Waals surface area (Å²) in [4.78, 5) is 48.5. The Bertz CT molecular complexity index is 2540. The fraction of sp³-hybridized carbons (Fsp3) is 0.325. The number of aromatic nitrogens is 4. The van der Waals surface area contributed by atoms with Gasteiger partial charge < -0.3 is 18.9 Å². The van der Waals surface area contributed by atoms with Gasteiger partial charge in [-0.1, -0.05) is 30.7 Å². The predicted octanol–water partition coefficient (Wildman–Crippen LogP) is 8.86. The van der Waals surface area contributed by atoms with Gasteiger partial charge in [0.05, 0.1) is 34.0 Å². The van der Waals surface area contributed by atoms with Gasteiger partial charge in [0.1, 0.15) is 35.3 Å². The first-order valence-corrected chi connectivity index (χ1v) is 19.1. The fourth-order valence-corrected chi connectivity index (χ4v) is 6.58. The van der Waals surface area contributed by atoms with Crippen LogP contribution in [0.3, 0.4) is 0 Å². The summed E-state index contributed by atoms with van der Waals surface area (Å²) < 4.78 is 115. The molecule has 0 aliphatic rings. The van der Waals surface area contributed by atoms with E-state index >= 15 is 0 Å². The molecule has 21 heteroatoms. The van der Waals surface area contributed by atoms with Crippen LogP contribution in [-0.4, -0.2) is 50.2 Å². The van der Waals surface area contributed by atoms with E-state index in [1.54, 1.807) is 20.8 Å². The lowest BCUT2D eigenvalue weighted by Crippen LogP contribution is -2.40. The molecule has 3 aromatic carbocycles. The molecule has 2 aromatic heterocycles. The molecular weight excluding hydrogens is 913 g/mol. The predicted molar refractivity (Wildman–Crippen MR) is 211 cm³/mol. The minimum atomic E-state index is -4.84. The number of halogens is 9. The summed E-state index contributed by atoms with van der Waals surface area (Å²) in [6, 6.07) is 13.5. The van der Waals surface area contributed by atoms with Gasteiger partial charge in [-0.15, -0.1) is 0 Å². The molecule has 0 aliphatic heterocycles. The van der Waals surface area contributed by atoms with E-state index < -0.39 is 69.4 Å². The van der Waals surface area contributed by atoms with Gasteiger partial charge in [-0.05, 0) is 91.1 Å². The number of alkyl halides is 6. The van der Waals surface area contributed by atoms with Crippen LogP contribution in [0.4, 0.5) is 30.7 Å². The molecule has 0 aliphatic carbocycles. The molecule has 0 saturated carbocycles. The molecule has 1 atom stereocenters. The van der Waals surface area contributed by atoms with Crippen molar-refractivity contribution in [1.29, 1.82) is 0 Å². The maximum atomic E-state index is 14.3. The van der Waals surface area contributed by atoms with E-state index in [2.05, 4.69) is 21.0 Å². The van der Waals surface area contributed by atoms with Crippen LogP contribution < -0.4 is 20.7 Å². The molecule has 0 bridgehead atoms. The smallest absolute Gasteiger partial charge is 0.434 e. The van der Waals surface area contributed by atoms with Crippen molar-refractivity contribution in [2.45, 2.75) is 65.3 Å². The molecule has 61 heavy (non-hydrogen) atoms. The van der Waals surface area contributed by atoms with E-state index in [1.807, 2.05) is 25.1 Å². The van der Waals surface area contributed by atoms with Crippen LogP contribution in [0.15, 0.2) is 74.7 Å². The Morgan fingerprint density at radius 3 is 2.10 bits per heavy atom. The third-order valence-corrected chi connectivity index (χ3v) is 9.67. The Balaban J connectivity index is 0.000000287. The van der Waals surface area contributed by atoms with Crippen molar-refractivity contribution in [3.63, 3.8) is 0 Å². The van der Waals surface area contributed by atoms with Gasteiger partial charge >= 0.3 is 30.0 Å². The summed E-state index contributed by atoms with van der Waals surface area (Å²) >= 11 is 8.67. The summed E-state index contributed by atoms with van der Waals surface area (Å²) in [6.45, 7) is 6.86. The zero-order valence-electron chi connectivity index (χ0n) is 33.3. The zero-order chi connectivity index (χ0) is 45.7. The van der Waals surface area contributed by atoms with Gasteiger partial charge in [-0.3, -0.25) is 14.0 Å². The summed E-state index contributed by atoms with van der Waals surface area (Å²) in [5.74, 6) is -1.42. The fourth-order valence-electron chi connectivity index (χ4n) is 5.58. The highest BCUT2D eigenvalue weighted by atomic mass is 79.9. The van der Waals surface area contributed by atoms with Crippen molar-refractivity contribution in [2.24, 2.45) is 14.1 Å². The quantitative estimate of drug-likeness (QED) is 0.0941. The van der Waals surface area contributed by atoms with Crippen LogP contribution in [0.1, 0.15) is 60.6 Å². The largest absolute Gasteiger partial charge is 0.489 e. The normalized spacial score (nSPS) is 12.1. The van der Waals surface area contributed by atoms with Crippen LogP contribution >= 0.6 is 27.5 Å². The molecule has 1 unspecified atom stereocenters. The van der Waals surface area contributed by atoms with Crippen molar-refractivity contribution in [2.75, 3.05) is 7.11 Å². The summed E-state index contributed by atoms with van der Waals surface area (Å²) in [7, 11) is 3.30. The number of carbonyl (C=O) groups is 2. The molecule has 5 rings (SSSR count). The SMILES string of the molecule is CC(C)OC(=O)c1cc(-c2nn(C)c(C(F)(F)F)c2Br)c(F)cc1Cl.CCc1ccc(COc2ccc(-n3c(=O)cc(C(F)(F)F)n(C)c3=O)cc2)c(OC(C)C(=O)OC)c1. The summed E-state index contributed by atoms with van der Waals surface area (Å²) in [6.07, 6.45) is -10.0. The zero-order valence-corrected chi connectivity index (χ0v) is 35.6. The van der Waals surface area contributed by atoms with Crippen molar-refractivity contribution < 1.29 is 59.3 Å².